The Hall–Kier alpha value is -6.90. The minimum Gasteiger partial charge on any atom is -1.00 e. The zero-order valence-corrected chi connectivity index (χ0v) is 78.3. The van der Waals surface area contributed by atoms with Crippen molar-refractivity contribution in [2.24, 2.45) is 16.6 Å². The predicted molar refractivity (Wildman–Crippen MR) is 477 cm³/mol. The van der Waals surface area contributed by atoms with Crippen molar-refractivity contribution in [3.63, 3.8) is 0 Å². The largest absolute Gasteiger partial charge is 1.00 e. The van der Waals surface area contributed by atoms with E-state index in [-0.39, 0.29) is 125 Å². The second-order valence-corrected chi connectivity index (χ2v) is 26.9. The van der Waals surface area contributed by atoms with Gasteiger partial charge in [-0.05, 0) is 291 Å². The first-order chi connectivity index (χ1) is 54.1. The number of likely N-dealkylation sites (N-methyl/N-ethyl adjacent to an activating group) is 1. The van der Waals surface area contributed by atoms with Crippen LogP contribution in [0.25, 0.3) is 0 Å². The van der Waals surface area contributed by atoms with E-state index in [4.69, 9.17) is 52.7 Å². The molecule has 0 saturated heterocycles. The number of hydrogen-bond acceptors (Lipinski definition) is 24. The summed E-state index contributed by atoms with van der Waals surface area (Å²) in [6.07, 6.45) is 13.1. The Morgan fingerprint density at radius 3 is 0.992 bits per heavy atom. The Morgan fingerprint density at radius 2 is 0.712 bits per heavy atom. The zero-order chi connectivity index (χ0) is 85.7. The van der Waals surface area contributed by atoms with E-state index in [1.54, 1.807) is 65.9 Å². The first-order valence-corrected chi connectivity index (χ1v) is 39.1. The Bertz CT molecular complexity index is 3440. The number of aryl methyl sites for hydroxylation is 6. The number of carbonyl (C=O) groups is 7. The van der Waals surface area contributed by atoms with Crippen LogP contribution in [-0.4, -0.2) is 258 Å². The molecule has 8 N–H and O–H groups in total. The third-order valence-corrected chi connectivity index (χ3v) is 15.8. The Morgan fingerprint density at radius 1 is 0.441 bits per heavy atom. The molecule has 0 saturated carbocycles. The Kier molecular flexibility index (Phi) is 89.9. The van der Waals surface area contributed by atoms with Crippen molar-refractivity contribution < 1.29 is 124 Å². The number of esters is 5. The van der Waals surface area contributed by atoms with E-state index in [1.807, 2.05) is 102 Å². The molecule has 24 nitrogen and oxygen atoms in total. The van der Waals surface area contributed by atoms with Crippen LogP contribution in [0.5, 0.6) is 0 Å². The van der Waals surface area contributed by atoms with Gasteiger partial charge in [-0.3, -0.25) is 9.59 Å². The third kappa shape index (κ3) is 66.8. The molecule has 663 valence electrons. The molecule has 0 bridgehead atoms. The summed E-state index contributed by atoms with van der Waals surface area (Å²) in [6, 6.07) is 50.7. The zero-order valence-electron chi connectivity index (χ0n) is 75.0. The molecule has 2 atom stereocenters. The number of ether oxygens (including phenoxy) is 5. The molecule has 0 heterocycles. The van der Waals surface area contributed by atoms with Gasteiger partial charge in [-0.15, -0.1) is 0 Å². The first kappa shape index (κ1) is 127. The van der Waals surface area contributed by atoms with E-state index < -0.39 is 35.0 Å². The molecule has 0 aliphatic heterocycles. The van der Waals surface area contributed by atoms with Crippen LogP contribution in [0.15, 0.2) is 163 Å². The molecular weight excluding hydrogens is 1620 g/mol. The monoisotopic (exact) mass is 1770 g/mol. The Balaban J connectivity index is -0.000000169. The number of Topliss-reactive ketones (excluding diaryl/α,β-unsaturated/α-hetero) is 1. The number of nitrogens with two attached hydrogens (primary N) is 2. The fraction of sp³-hybridized carbons (Fsp3) is 0.500. The summed E-state index contributed by atoms with van der Waals surface area (Å²) in [6.45, 7) is 18.1. The molecule has 2 unspecified atom stereocenters. The Labute approximate surface area is 754 Å². The fourth-order valence-corrected chi connectivity index (χ4v) is 10.0. The van der Waals surface area contributed by atoms with Crippen LogP contribution < -0.4 is 46.3 Å². The SMILES string of the molecule is C.CCO.CCOC(=O)/C(=N/O)c1ccc(CCCN(C)C)cc1.CCOC(=O)C(=O)Cl.CCOC(=O)C(=O)c1ccc(CCCN(C)C)cc1.CCOC(=O)C(N)c1ccc(CCCN(C)C)cc1.CCOC(=O)C(NC)c1ccc(CCCN(C)C)cc1.CN(C)CCCc1ccccc1.CO.NCCCc1ccccc1.[B].[CH3-].[H-].[Na+].[Pd]. The van der Waals surface area contributed by atoms with E-state index in [0.717, 1.165) is 115 Å². The van der Waals surface area contributed by atoms with Crippen molar-refractivity contribution in [2.45, 2.75) is 138 Å². The van der Waals surface area contributed by atoms with Crippen LogP contribution in [0.4, 0.5) is 0 Å². The van der Waals surface area contributed by atoms with E-state index in [1.165, 1.54) is 52.8 Å². The predicted octanol–water partition coefficient (Wildman–Crippen LogP) is 9.10. The van der Waals surface area contributed by atoms with Gasteiger partial charge in [-0.2, -0.15) is 0 Å². The maximum atomic E-state index is 11.8. The molecule has 3 radical (unpaired) electrons. The minimum atomic E-state index is -1.08. The van der Waals surface area contributed by atoms with E-state index in [0.29, 0.717) is 24.3 Å². The summed E-state index contributed by atoms with van der Waals surface area (Å²) in [5.74, 6) is -3.58. The molecule has 0 spiro atoms. The van der Waals surface area contributed by atoms with E-state index >= 15 is 0 Å². The van der Waals surface area contributed by atoms with Gasteiger partial charge >= 0.3 is 64.6 Å². The molecule has 6 aromatic rings. The number of halogens is 1. The van der Waals surface area contributed by atoms with Crippen LogP contribution in [0.3, 0.4) is 0 Å². The summed E-state index contributed by atoms with van der Waals surface area (Å²) in [7, 11) is 23.5. The first-order valence-electron chi connectivity index (χ1n) is 38.7. The molecular formula is C90H146BClN9NaO15Pd-. The summed E-state index contributed by atoms with van der Waals surface area (Å²) in [5.41, 5.74) is 21.6. The van der Waals surface area contributed by atoms with Crippen LogP contribution in [-0.2, 0) is 111 Å². The van der Waals surface area contributed by atoms with Crippen molar-refractivity contribution in [3.05, 3.63) is 221 Å². The van der Waals surface area contributed by atoms with Crippen LogP contribution >= 0.6 is 11.6 Å². The van der Waals surface area contributed by atoms with Crippen molar-refractivity contribution >= 4 is 66.6 Å². The summed E-state index contributed by atoms with van der Waals surface area (Å²) in [5, 5.41) is 28.4. The van der Waals surface area contributed by atoms with Gasteiger partial charge in [0, 0.05) is 53.7 Å². The van der Waals surface area contributed by atoms with Gasteiger partial charge < -0.3 is 89.2 Å². The molecule has 6 rings (SSSR count). The molecule has 0 aromatic heterocycles. The average Bonchev–Trinajstić information content (AvgIpc) is 0.898. The molecule has 0 amide bonds. The fourth-order valence-electron chi connectivity index (χ4n) is 9.95. The van der Waals surface area contributed by atoms with Gasteiger partial charge in [0.05, 0.1) is 33.0 Å². The van der Waals surface area contributed by atoms with E-state index in [9.17, 15) is 33.6 Å². The standard InChI is InChI=1S/C16H26N2O2.C15H22N2O3.C15H24N2O2.C15H21NO3.C11H17N.C9H13N.C4H5ClO3.C2H6O.CH4O.CH4.CH3.B.Na.Pd.H/c1-5-20-16(19)15(17-2)14-10-8-13(9-11-14)7-6-12-18(3)4;1-4-20-15(18)14(16-19)13-9-7-12(8-10-13)6-5-11-17(2)3;1-4-19-15(18)14(16)13-9-7-12(8-10-13)6-5-11-17(2)3;1-4-19-15(18)14(17)13-9-7-12(8-10-13)6-5-11-16(2)3;1-12(2)10-6-9-11-7-4-3-5-8-11;10-8-4-7-9-5-2-1-3-6-9;1-2-8-4(7)3(5)6;1-2-3;1-2;;;;;;/h8-11,15,17H,5-7,12H2,1-4H3;7-10,19H,4-6,11H2,1-3H3;7-10,14H,4-6,11,16H2,1-3H3;7-10H,4-6,11H2,1-3H3;3-5,7-8H,6,9-10H2,1-2H3;1-3,5-6H,4,7-8,10H2;2H2,1H3;3H,2H2,1H3;2H,1H3;1H4;1H3;;;;/q;;;;;;;;;;-1;;+1;;-1/b;16-14+;;;;;;;;;;;;;. The third-order valence-electron chi connectivity index (χ3n) is 15.6. The van der Waals surface area contributed by atoms with Gasteiger partial charge in [-0.25, -0.2) is 24.0 Å². The number of aliphatic hydroxyl groups is 2. The number of nitrogens with zero attached hydrogens (tertiary/aromatic N) is 6. The van der Waals surface area contributed by atoms with Gasteiger partial charge in [0.1, 0.15) is 12.1 Å². The number of benzene rings is 6. The van der Waals surface area contributed by atoms with Crippen molar-refractivity contribution in [1.29, 1.82) is 0 Å². The quantitative estimate of drug-likeness (QED) is 0.00201. The second-order valence-electron chi connectivity index (χ2n) is 26.5. The maximum absolute atomic E-state index is 11.8. The molecule has 118 heavy (non-hydrogen) atoms. The van der Waals surface area contributed by atoms with Gasteiger partial charge in [0.2, 0.25) is 0 Å². The number of nitrogens with one attached hydrogen (secondary N) is 1. The van der Waals surface area contributed by atoms with Crippen LogP contribution in [0.1, 0.15) is 161 Å². The van der Waals surface area contributed by atoms with Crippen molar-refractivity contribution in [1.82, 2.24) is 29.8 Å². The number of rotatable bonds is 38. The number of hydrogen-bond donors (Lipinski definition) is 6. The summed E-state index contributed by atoms with van der Waals surface area (Å²) in [4.78, 5) is 88.6. The molecule has 0 fully saturated rings. The van der Waals surface area contributed by atoms with Gasteiger partial charge in [0.25, 0.3) is 5.78 Å². The molecule has 0 aliphatic rings. The number of aliphatic hydroxyl groups excluding tert-OH is 2. The van der Waals surface area contributed by atoms with E-state index in [2.05, 4.69) is 153 Å². The summed E-state index contributed by atoms with van der Waals surface area (Å²) >= 11 is 4.69. The maximum Gasteiger partial charge on any atom is 1.00 e. The van der Waals surface area contributed by atoms with Crippen molar-refractivity contribution in [2.75, 3.05) is 164 Å². The average molecular weight is 1770 g/mol. The molecule has 0 aliphatic carbocycles. The van der Waals surface area contributed by atoms with Crippen molar-refractivity contribution in [3.8, 4) is 0 Å². The molecule has 28 heteroatoms. The normalized spacial score (nSPS) is 10.5. The number of ketones is 1. The van der Waals surface area contributed by atoms with Crippen LogP contribution in [0.2, 0.25) is 0 Å². The summed E-state index contributed by atoms with van der Waals surface area (Å²) < 4.78 is 23.7. The van der Waals surface area contributed by atoms with Gasteiger partial charge in [-0.1, -0.05) is 170 Å². The molecule has 6 aromatic carbocycles. The topological polar surface area (TPSA) is 319 Å². The number of oxime groups is 1. The van der Waals surface area contributed by atoms with Gasteiger partial charge in [0.15, 0.2) is 5.71 Å². The smallest absolute Gasteiger partial charge is 1.00 e. The minimum absolute atomic E-state index is 0. The second kappa shape index (κ2) is 83.7. The van der Waals surface area contributed by atoms with Crippen LogP contribution in [0, 0.1) is 7.43 Å². The number of carbonyl (C=O) groups excluding carboxylic acids is 7.